The van der Waals surface area contributed by atoms with Crippen LogP contribution in [0.25, 0.3) is 0 Å². The van der Waals surface area contributed by atoms with Crippen molar-refractivity contribution in [2.24, 2.45) is 11.8 Å². The van der Waals surface area contributed by atoms with Crippen molar-refractivity contribution in [3.63, 3.8) is 0 Å². The first-order valence-corrected chi connectivity index (χ1v) is 4.71. The Labute approximate surface area is 70.0 Å². The number of alkyl halides is 1. The van der Waals surface area contributed by atoms with Crippen molar-refractivity contribution in [1.29, 1.82) is 0 Å². The summed E-state index contributed by atoms with van der Waals surface area (Å²) in [4.78, 5) is 0. The molecule has 0 aromatic heterocycles. The van der Waals surface area contributed by atoms with E-state index in [0.717, 1.165) is 5.92 Å². The van der Waals surface area contributed by atoms with E-state index in [1.165, 1.54) is 12.8 Å². The number of rotatable bonds is 4. The maximum absolute atomic E-state index is 5.98. The minimum atomic E-state index is 0.324. The Bertz CT molecular complexity index is 74.8. The Morgan fingerprint density at radius 1 is 1.10 bits per heavy atom. The molecule has 0 N–H and O–H groups in total. The SMILES string of the molecule is CCC(CC)C(C)C(C)Cl. The standard InChI is InChI=1S/C9H19Cl/c1-5-9(6-2)7(3)8(4)10/h7-9H,5-6H2,1-4H3. The van der Waals surface area contributed by atoms with Gasteiger partial charge in [0.2, 0.25) is 0 Å². The number of halogens is 1. The smallest absolute Gasteiger partial charge is 0.0336 e. The van der Waals surface area contributed by atoms with Gasteiger partial charge in [0.1, 0.15) is 0 Å². The predicted octanol–water partition coefficient (Wildman–Crippen LogP) is 3.69. The highest BCUT2D eigenvalue weighted by atomic mass is 35.5. The lowest BCUT2D eigenvalue weighted by Crippen LogP contribution is -2.17. The fourth-order valence-corrected chi connectivity index (χ4v) is 1.61. The minimum Gasteiger partial charge on any atom is -0.123 e. The van der Waals surface area contributed by atoms with E-state index in [1.54, 1.807) is 0 Å². The summed E-state index contributed by atoms with van der Waals surface area (Å²) in [6, 6.07) is 0. The van der Waals surface area contributed by atoms with Crippen LogP contribution in [0.1, 0.15) is 40.5 Å². The van der Waals surface area contributed by atoms with Crippen molar-refractivity contribution in [2.75, 3.05) is 0 Å². The zero-order chi connectivity index (χ0) is 8.15. The Morgan fingerprint density at radius 3 is 1.60 bits per heavy atom. The molecule has 0 aliphatic carbocycles. The van der Waals surface area contributed by atoms with E-state index in [1.807, 2.05) is 0 Å². The van der Waals surface area contributed by atoms with E-state index in [4.69, 9.17) is 11.6 Å². The molecular weight excluding hydrogens is 144 g/mol. The van der Waals surface area contributed by atoms with Gasteiger partial charge in [-0.2, -0.15) is 0 Å². The van der Waals surface area contributed by atoms with Crippen LogP contribution < -0.4 is 0 Å². The van der Waals surface area contributed by atoms with Crippen LogP contribution in [0, 0.1) is 11.8 Å². The zero-order valence-corrected chi connectivity index (χ0v) is 8.28. The van der Waals surface area contributed by atoms with E-state index >= 15 is 0 Å². The second kappa shape index (κ2) is 5.01. The average molecular weight is 163 g/mol. The van der Waals surface area contributed by atoms with E-state index in [-0.39, 0.29) is 0 Å². The molecule has 2 atom stereocenters. The Hall–Kier alpha value is 0.290. The molecule has 0 bridgehead atoms. The molecule has 0 nitrogen and oxygen atoms in total. The molecule has 62 valence electrons. The second-order valence-electron chi connectivity index (χ2n) is 3.11. The monoisotopic (exact) mass is 162 g/mol. The lowest BCUT2D eigenvalue weighted by atomic mass is 9.87. The lowest BCUT2D eigenvalue weighted by Gasteiger charge is -2.22. The molecular formula is C9H19Cl. The number of hydrogen-bond donors (Lipinski definition) is 0. The van der Waals surface area contributed by atoms with Crippen molar-refractivity contribution in [2.45, 2.75) is 45.9 Å². The molecule has 0 heterocycles. The first-order valence-electron chi connectivity index (χ1n) is 4.27. The molecule has 0 saturated carbocycles. The van der Waals surface area contributed by atoms with Gasteiger partial charge in [0.15, 0.2) is 0 Å². The van der Waals surface area contributed by atoms with Gasteiger partial charge in [-0.25, -0.2) is 0 Å². The van der Waals surface area contributed by atoms with Crippen LogP contribution in [0.2, 0.25) is 0 Å². The van der Waals surface area contributed by atoms with Gasteiger partial charge in [0.05, 0.1) is 0 Å². The van der Waals surface area contributed by atoms with Gasteiger partial charge < -0.3 is 0 Å². The topological polar surface area (TPSA) is 0 Å². The zero-order valence-electron chi connectivity index (χ0n) is 7.52. The first kappa shape index (κ1) is 10.3. The molecule has 2 unspecified atom stereocenters. The van der Waals surface area contributed by atoms with E-state index < -0.39 is 0 Å². The molecule has 1 heteroatoms. The molecule has 0 spiro atoms. The van der Waals surface area contributed by atoms with Crippen LogP contribution in [-0.4, -0.2) is 5.38 Å². The Balaban J connectivity index is 3.76. The maximum atomic E-state index is 5.98. The maximum Gasteiger partial charge on any atom is 0.0336 e. The molecule has 0 fully saturated rings. The van der Waals surface area contributed by atoms with Crippen LogP contribution >= 0.6 is 11.6 Å². The summed E-state index contributed by atoms with van der Waals surface area (Å²) in [7, 11) is 0. The normalized spacial score (nSPS) is 17.4. The van der Waals surface area contributed by atoms with Gasteiger partial charge in [-0.1, -0.05) is 33.6 Å². The molecule has 0 aliphatic heterocycles. The van der Waals surface area contributed by atoms with Gasteiger partial charge in [0, 0.05) is 5.38 Å². The highest BCUT2D eigenvalue weighted by Gasteiger charge is 2.17. The predicted molar refractivity (Wildman–Crippen MR) is 48.6 cm³/mol. The third-order valence-corrected chi connectivity index (χ3v) is 2.91. The fraction of sp³-hybridized carbons (Fsp3) is 1.00. The van der Waals surface area contributed by atoms with Gasteiger partial charge in [0.25, 0.3) is 0 Å². The van der Waals surface area contributed by atoms with E-state index in [9.17, 15) is 0 Å². The highest BCUT2D eigenvalue weighted by molar-refractivity contribution is 6.20. The van der Waals surface area contributed by atoms with Crippen LogP contribution in [0.15, 0.2) is 0 Å². The van der Waals surface area contributed by atoms with Crippen LogP contribution in [0.4, 0.5) is 0 Å². The Kier molecular flexibility index (Phi) is 5.15. The summed E-state index contributed by atoms with van der Waals surface area (Å²) in [5.41, 5.74) is 0. The summed E-state index contributed by atoms with van der Waals surface area (Å²) >= 11 is 5.98. The summed E-state index contributed by atoms with van der Waals surface area (Å²) in [6.45, 7) is 8.81. The summed E-state index contributed by atoms with van der Waals surface area (Å²) in [5.74, 6) is 1.48. The molecule has 0 aromatic carbocycles. The second-order valence-corrected chi connectivity index (χ2v) is 3.80. The fourth-order valence-electron chi connectivity index (χ4n) is 1.41. The van der Waals surface area contributed by atoms with Gasteiger partial charge in [-0.3, -0.25) is 0 Å². The molecule has 0 saturated heterocycles. The quantitative estimate of drug-likeness (QED) is 0.554. The molecule has 0 amide bonds. The molecule has 0 radical (unpaired) electrons. The first-order chi connectivity index (χ1) is 4.63. The molecule has 0 rings (SSSR count). The third kappa shape index (κ3) is 2.92. The summed E-state index contributed by atoms with van der Waals surface area (Å²) in [6.07, 6.45) is 2.52. The van der Waals surface area contributed by atoms with Crippen molar-refractivity contribution < 1.29 is 0 Å². The lowest BCUT2D eigenvalue weighted by molar-refractivity contribution is 0.333. The van der Waals surface area contributed by atoms with Crippen molar-refractivity contribution >= 4 is 11.6 Å². The minimum absolute atomic E-state index is 0.324. The Morgan fingerprint density at radius 2 is 1.50 bits per heavy atom. The molecule has 10 heavy (non-hydrogen) atoms. The van der Waals surface area contributed by atoms with Crippen molar-refractivity contribution in [3.8, 4) is 0 Å². The van der Waals surface area contributed by atoms with E-state index in [2.05, 4.69) is 27.7 Å². The summed E-state index contributed by atoms with van der Waals surface area (Å²) < 4.78 is 0. The van der Waals surface area contributed by atoms with Crippen molar-refractivity contribution in [3.05, 3.63) is 0 Å². The molecule has 0 aromatic rings. The van der Waals surface area contributed by atoms with Crippen molar-refractivity contribution in [1.82, 2.24) is 0 Å². The largest absolute Gasteiger partial charge is 0.123 e. The average Bonchev–Trinajstić information content (AvgIpc) is 1.90. The van der Waals surface area contributed by atoms with Gasteiger partial charge in [-0.05, 0) is 18.8 Å². The van der Waals surface area contributed by atoms with Crippen LogP contribution in [-0.2, 0) is 0 Å². The van der Waals surface area contributed by atoms with E-state index in [0.29, 0.717) is 11.3 Å². The third-order valence-electron chi connectivity index (χ3n) is 2.52. The highest BCUT2D eigenvalue weighted by Crippen LogP contribution is 2.24. The van der Waals surface area contributed by atoms with Crippen LogP contribution in [0.3, 0.4) is 0 Å². The molecule has 0 aliphatic rings. The van der Waals surface area contributed by atoms with Crippen LogP contribution in [0.5, 0.6) is 0 Å². The van der Waals surface area contributed by atoms with Gasteiger partial charge in [-0.15, -0.1) is 11.6 Å². The summed E-state index contributed by atoms with van der Waals surface area (Å²) in [5, 5.41) is 0.324. The van der Waals surface area contributed by atoms with Gasteiger partial charge >= 0.3 is 0 Å². The number of hydrogen-bond acceptors (Lipinski definition) is 0.